The second-order valence-corrected chi connectivity index (χ2v) is 3.21. The lowest BCUT2D eigenvalue weighted by atomic mass is 10.1. The topological polar surface area (TPSA) is 57.0 Å². The maximum atomic E-state index is 11.9. The van der Waals surface area contributed by atoms with Crippen LogP contribution in [0.2, 0.25) is 0 Å². The number of amides is 1. The molecule has 0 spiro atoms. The van der Waals surface area contributed by atoms with Gasteiger partial charge in [0.2, 0.25) is 0 Å². The van der Waals surface area contributed by atoms with E-state index in [9.17, 15) is 4.79 Å². The van der Waals surface area contributed by atoms with Crippen molar-refractivity contribution in [3.8, 4) is 6.07 Å². The lowest BCUT2D eigenvalue weighted by molar-refractivity contribution is 0.0811. The Morgan fingerprint density at radius 3 is 3.00 bits per heavy atom. The Labute approximate surface area is 89.2 Å². The standard InChI is InChI=1S/C11H13N3O/c1-3-9-8-13-6-4-10(9)11(15)14(2)7-5-12/h4,6,8H,3,7H2,1-2H3. The zero-order chi connectivity index (χ0) is 11.3. The predicted molar refractivity (Wildman–Crippen MR) is 56.2 cm³/mol. The lowest BCUT2D eigenvalue weighted by Crippen LogP contribution is -2.27. The van der Waals surface area contributed by atoms with Crippen LogP contribution in [-0.4, -0.2) is 29.4 Å². The fourth-order valence-electron chi connectivity index (χ4n) is 1.30. The van der Waals surface area contributed by atoms with Gasteiger partial charge < -0.3 is 4.90 Å². The first kappa shape index (κ1) is 11.2. The summed E-state index contributed by atoms with van der Waals surface area (Å²) in [5.41, 5.74) is 1.54. The Morgan fingerprint density at radius 1 is 1.67 bits per heavy atom. The first-order chi connectivity index (χ1) is 7.20. The van der Waals surface area contributed by atoms with Gasteiger partial charge in [0.25, 0.3) is 5.91 Å². The number of nitriles is 1. The molecule has 4 nitrogen and oxygen atoms in total. The average molecular weight is 203 g/mol. The molecule has 0 radical (unpaired) electrons. The minimum absolute atomic E-state index is 0.101. The average Bonchev–Trinajstić information content (AvgIpc) is 2.28. The first-order valence-electron chi connectivity index (χ1n) is 4.76. The summed E-state index contributed by atoms with van der Waals surface area (Å²) in [5, 5.41) is 8.50. The largest absolute Gasteiger partial charge is 0.328 e. The Kier molecular flexibility index (Phi) is 3.81. The number of carbonyl (C=O) groups excluding carboxylic acids is 1. The van der Waals surface area contributed by atoms with E-state index >= 15 is 0 Å². The van der Waals surface area contributed by atoms with Crippen LogP contribution in [0.25, 0.3) is 0 Å². The molecule has 1 rings (SSSR count). The van der Waals surface area contributed by atoms with Crippen molar-refractivity contribution in [2.45, 2.75) is 13.3 Å². The Bertz CT molecular complexity index is 395. The Hall–Kier alpha value is -1.89. The third kappa shape index (κ3) is 2.53. The van der Waals surface area contributed by atoms with Gasteiger partial charge in [-0.2, -0.15) is 5.26 Å². The van der Waals surface area contributed by atoms with Crippen molar-refractivity contribution in [2.24, 2.45) is 0 Å². The molecule has 1 aromatic rings. The lowest BCUT2D eigenvalue weighted by Gasteiger charge is -2.14. The van der Waals surface area contributed by atoms with E-state index in [0.717, 1.165) is 12.0 Å². The highest BCUT2D eigenvalue weighted by molar-refractivity contribution is 5.95. The number of rotatable bonds is 3. The van der Waals surface area contributed by atoms with Crippen LogP contribution in [0.3, 0.4) is 0 Å². The maximum absolute atomic E-state index is 11.9. The molecule has 78 valence electrons. The molecule has 0 aliphatic rings. The van der Waals surface area contributed by atoms with Crippen LogP contribution < -0.4 is 0 Å². The molecule has 0 aliphatic carbocycles. The van der Waals surface area contributed by atoms with Crippen molar-refractivity contribution < 1.29 is 4.79 Å². The summed E-state index contributed by atoms with van der Waals surface area (Å²) in [7, 11) is 1.62. The van der Waals surface area contributed by atoms with Crippen LogP contribution >= 0.6 is 0 Å². The zero-order valence-corrected chi connectivity index (χ0v) is 8.90. The van der Waals surface area contributed by atoms with Gasteiger partial charge in [0.05, 0.1) is 6.07 Å². The highest BCUT2D eigenvalue weighted by Gasteiger charge is 2.14. The SMILES string of the molecule is CCc1cnccc1C(=O)N(C)CC#N. The smallest absolute Gasteiger partial charge is 0.254 e. The number of hydrogen-bond donors (Lipinski definition) is 0. The highest BCUT2D eigenvalue weighted by atomic mass is 16.2. The summed E-state index contributed by atoms with van der Waals surface area (Å²) >= 11 is 0. The van der Waals surface area contributed by atoms with Gasteiger partial charge in [-0.1, -0.05) is 6.92 Å². The van der Waals surface area contributed by atoms with Crippen LogP contribution in [0.4, 0.5) is 0 Å². The summed E-state index contributed by atoms with van der Waals surface area (Å²) in [4.78, 5) is 17.2. The van der Waals surface area contributed by atoms with E-state index in [-0.39, 0.29) is 12.5 Å². The number of carbonyl (C=O) groups is 1. The minimum atomic E-state index is -0.129. The number of pyridine rings is 1. The van der Waals surface area contributed by atoms with E-state index in [1.165, 1.54) is 4.90 Å². The van der Waals surface area contributed by atoms with E-state index in [1.807, 2.05) is 13.0 Å². The fraction of sp³-hybridized carbons (Fsp3) is 0.364. The molecule has 15 heavy (non-hydrogen) atoms. The molecule has 1 aromatic heterocycles. The van der Waals surface area contributed by atoms with Gasteiger partial charge in [0.15, 0.2) is 0 Å². The number of aromatic nitrogens is 1. The predicted octanol–water partition coefficient (Wildman–Crippen LogP) is 1.24. The second kappa shape index (κ2) is 5.11. The van der Waals surface area contributed by atoms with Crippen molar-refractivity contribution in [3.63, 3.8) is 0 Å². The van der Waals surface area contributed by atoms with Crippen LogP contribution in [-0.2, 0) is 6.42 Å². The molecule has 1 heterocycles. The quantitative estimate of drug-likeness (QED) is 0.694. The number of aryl methyl sites for hydroxylation is 1. The highest BCUT2D eigenvalue weighted by Crippen LogP contribution is 2.09. The molecule has 0 aliphatic heterocycles. The van der Waals surface area contributed by atoms with Crippen LogP contribution in [0, 0.1) is 11.3 Å². The van der Waals surface area contributed by atoms with E-state index in [0.29, 0.717) is 5.56 Å². The minimum Gasteiger partial charge on any atom is -0.328 e. The normalized spacial score (nSPS) is 9.40. The van der Waals surface area contributed by atoms with Gasteiger partial charge in [-0.3, -0.25) is 9.78 Å². The summed E-state index contributed by atoms with van der Waals surface area (Å²) in [6, 6.07) is 3.63. The van der Waals surface area contributed by atoms with Crippen molar-refractivity contribution in [3.05, 3.63) is 29.6 Å². The molecule has 1 amide bonds. The Balaban J connectivity index is 2.96. The van der Waals surface area contributed by atoms with Gasteiger partial charge in [-0.05, 0) is 18.1 Å². The molecule has 0 bridgehead atoms. The molecule has 0 saturated heterocycles. The van der Waals surface area contributed by atoms with E-state index < -0.39 is 0 Å². The van der Waals surface area contributed by atoms with Gasteiger partial charge in [0.1, 0.15) is 6.54 Å². The summed E-state index contributed by atoms with van der Waals surface area (Å²) in [6.45, 7) is 2.07. The van der Waals surface area contributed by atoms with Crippen LogP contribution in [0.1, 0.15) is 22.8 Å². The van der Waals surface area contributed by atoms with E-state index in [2.05, 4.69) is 4.98 Å². The maximum Gasteiger partial charge on any atom is 0.254 e. The number of hydrogen-bond acceptors (Lipinski definition) is 3. The first-order valence-corrected chi connectivity index (χ1v) is 4.76. The van der Waals surface area contributed by atoms with E-state index in [1.54, 1.807) is 25.5 Å². The molecular weight excluding hydrogens is 190 g/mol. The Morgan fingerprint density at radius 2 is 2.40 bits per heavy atom. The molecule has 0 atom stereocenters. The fourth-order valence-corrected chi connectivity index (χ4v) is 1.30. The van der Waals surface area contributed by atoms with Crippen LogP contribution in [0.15, 0.2) is 18.5 Å². The molecule has 0 fully saturated rings. The van der Waals surface area contributed by atoms with Gasteiger partial charge >= 0.3 is 0 Å². The molecule has 0 unspecified atom stereocenters. The van der Waals surface area contributed by atoms with Crippen molar-refractivity contribution >= 4 is 5.91 Å². The third-order valence-corrected chi connectivity index (χ3v) is 2.17. The second-order valence-electron chi connectivity index (χ2n) is 3.21. The summed E-state index contributed by atoms with van der Waals surface area (Å²) in [6.07, 6.45) is 4.04. The van der Waals surface area contributed by atoms with Crippen molar-refractivity contribution in [1.29, 1.82) is 5.26 Å². The molecule has 0 N–H and O–H groups in total. The van der Waals surface area contributed by atoms with Gasteiger partial charge in [-0.25, -0.2) is 0 Å². The molecule has 0 aromatic carbocycles. The summed E-state index contributed by atoms with van der Waals surface area (Å²) in [5.74, 6) is -0.129. The summed E-state index contributed by atoms with van der Waals surface area (Å²) < 4.78 is 0. The monoisotopic (exact) mass is 203 g/mol. The van der Waals surface area contributed by atoms with Gasteiger partial charge in [-0.15, -0.1) is 0 Å². The van der Waals surface area contributed by atoms with Crippen molar-refractivity contribution in [1.82, 2.24) is 9.88 Å². The number of nitrogens with zero attached hydrogens (tertiary/aromatic N) is 3. The zero-order valence-electron chi connectivity index (χ0n) is 8.90. The van der Waals surface area contributed by atoms with Gasteiger partial charge in [0, 0.05) is 25.0 Å². The molecular formula is C11H13N3O. The van der Waals surface area contributed by atoms with Crippen LogP contribution in [0.5, 0.6) is 0 Å². The molecule has 0 saturated carbocycles. The van der Waals surface area contributed by atoms with E-state index in [4.69, 9.17) is 5.26 Å². The molecule has 4 heteroatoms. The third-order valence-electron chi connectivity index (χ3n) is 2.17. The van der Waals surface area contributed by atoms with Crippen molar-refractivity contribution in [2.75, 3.05) is 13.6 Å².